The van der Waals surface area contributed by atoms with Crippen LogP contribution in [0, 0.1) is 5.41 Å². The first-order valence-corrected chi connectivity index (χ1v) is 9.37. The average Bonchev–Trinajstić information content (AvgIpc) is 3.12. The van der Waals surface area contributed by atoms with Crippen LogP contribution in [0.2, 0.25) is 0 Å². The van der Waals surface area contributed by atoms with E-state index in [1.165, 1.54) is 0 Å². The molecule has 1 unspecified atom stereocenters. The third kappa shape index (κ3) is 3.18. The number of aryl methyl sites for hydroxylation is 1. The van der Waals surface area contributed by atoms with E-state index in [4.69, 9.17) is 4.74 Å². The lowest BCUT2D eigenvalue weighted by atomic mass is 9.71. The summed E-state index contributed by atoms with van der Waals surface area (Å²) < 4.78 is 7.49. The molecule has 0 N–H and O–H groups in total. The molecule has 2 fully saturated rings. The van der Waals surface area contributed by atoms with Gasteiger partial charge in [-0.25, -0.2) is 4.98 Å². The summed E-state index contributed by atoms with van der Waals surface area (Å²) in [4.78, 5) is 21.2. The first-order chi connectivity index (χ1) is 13.0. The van der Waals surface area contributed by atoms with Gasteiger partial charge in [0.1, 0.15) is 5.69 Å². The number of carbonyl (C=O) groups is 1. The highest BCUT2D eigenvalue weighted by Gasteiger charge is 2.48. The third-order valence-electron chi connectivity index (χ3n) is 5.97. The summed E-state index contributed by atoms with van der Waals surface area (Å²) in [6, 6.07) is 3.94. The van der Waals surface area contributed by atoms with Gasteiger partial charge in [0.05, 0.1) is 11.5 Å². The Morgan fingerprint density at radius 2 is 1.96 bits per heavy atom. The van der Waals surface area contributed by atoms with Gasteiger partial charge >= 0.3 is 0 Å². The quantitative estimate of drug-likeness (QED) is 0.812. The largest absolute Gasteiger partial charge is 0.380 e. The molecule has 1 amide bonds. The van der Waals surface area contributed by atoms with Crippen LogP contribution in [-0.2, 0) is 16.6 Å². The highest BCUT2D eigenvalue weighted by molar-refractivity contribution is 5.84. The van der Waals surface area contributed by atoms with Crippen molar-refractivity contribution in [1.29, 1.82) is 0 Å². The molecule has 2 saturated heterocycles. The van der Waals surface area contributed by atoms with Crippen molar-refractivity contribution in [3.8, 4) is 11.5 Å². The zero-order chi connectivity index (χ0) is 19.0. The second kappa shape index (κ2) is 6.92. The van der Waals surface area contributed by atoms with Crippen molar-refractivity contribution in [3.63, 3.8) is 0 Å². The average molecular weight is 370 g/mol. The fraction of sp³-hybridized carbons (Fsp3) is 0.579. The lowest BCUT2D eigenvalue weighted by Gasteiger charge is -2.47. The minimum atomic E-state index is -0.301. The minimum absolute atomic E-state index is 0.121. The topological polar surface area (TPSA) is 76.4 Å². The second-order valence-corrected chi connectivity index (χ2v) is 7.65. The number of carbonyl (C=O) groups excluding carboxylic acids is 1. The molecule has 4 heterocycles. The molecule has 27 heavy (non-hydrogen) atoms. The first kappa shape index (κ1) is 17.9. The molecule has 0 aliphatic carbocycles. The van der Waals surface area contributed by atoms with E-state index in [0.29, 0.717) is 6.54 Å². The van der Waals surface area contributed by atoms with Gasteiger partial charge in [0.2, 0.25) is 5.91 Å². The number of methoxy groups -OCH3 is 1. The van der Waals surface area contributed by atoms with E-state index in [1.807, 2.05) is 41.9 Å². The van der Waals surface area contributed by atoms with Gasteiger partial charge in [-0.15, -0.1) is 10.2 Å². The van der Waals surface area contributed by atoms with Gasteiger partial charge in [0.15, 0.2) is 11.6 Å². The zero-order valence-electron chi connectivity index (χ0n) is 16.1. The maximum Gasteiger partial charge on any atom is 0.228 e. The summed E-state index contributed by atoms with van der Waals surface area (Å²) >= 11 is 0. The number of nitrogens with zero attached hydrogens (tertiary/aromatic N) is 6. The molecule has 0 saturated carbocycles. The van der Waals surface area contributed by atoms with Crippen molar-refractivity contribution in [1.82, 2.24) is 24.6 Å². The van der Waals surface area contributed by atoms with Crippen molar-refractivity contribution in [2.24, 2.45) is 12.5 Å². The van der Waals surface area contributed by atoms with Crippen molar-refractivity contribution >= 4 is 11.7 Å². The molecule has 2 aromatic rings. The number of amides is 1. The molecule has 8 nitrogen and oxygen atoms in total. The number of anilines is 1. The number of aromatic nitrogens is 4. The summed E-state index contributed by atoms with van der Waals surface area (Å²) in [6.45, 7) is 2.28. The Balaban J connectivity index is 1.46. The van der Waals surface area contributed by atoms with Crippen molar-refractivity contribution < 1.29 is 9.53 Å². The van der Waals surface area contributed by atoms with E-state index < -0.39 is 0 Å². The monoisotopic (exact) mass is 370 g/mol. The molecule has 1 spiro atoms. The molecule has 2 aromatic heterocycles. The maximum absolute atomic E-state index is 12.8. The van der Waals surface area contributed by atoms with Crippen molar-refractivity contribution in [2.75, 3.05) is 38.7 Å². The second-order valence-electron chi connectivity index (χ2n) is 7.65. The van der Waals surface area contributed by atoms with Crippen LogP contribution in [0.5, 0.6) is 0 Å². The number of hydrogen-bond acceptors (Lipinski definition) is 6. The standard InChI is InChI=1S/C19H26N6O2/c1-23-11-8-20-17(23)15-4-5-16(22-21-15)25-9-6-19(7-10-25)12-14(27-3)13-24(2)18(19)26/h4-5,8,11,14H,6-7,9-10,12-13H2,1-3H3. The van der Waals surface area contributed by atoms with Crippen LogP contribution in [0.15, 0.2) is 24.5 Å². The van der Waals surface area contributed by atoms with Crippen LogP contribution in [0.3, 0.4) is 0 Å². The maximum atomic E-state index is 12.8. The summed E-state index contributed by atoms with van der Waals surface area (Å²) in [5, 5.41) is 8.74. The highest BCUT2D eigenvalue weighted by Crippen LogP contribution is 2.41. The van der Waals surface area contributed by atoms with Gasteiger partial charge in [-0.05, 0) is 31.4 Å². The van der Waals surface area contributed by atoms with Crippen LogP contribution in [-0.4, -0.2) is 70.5 Å². The molecule has 0 aromatic carbocycles. The summed E-state index contributed by atoms with van der Waals surface area (Å²) in [5.41, 5.74) is 0.455. The Labute approximate surface area is 159 Å². The van der Waals surface area contributed by atoms with Gasteiger partial charge in [0, 0.05) is 53.2 Å². The molecule has 2 aliphatic rings. The zero-order valence-corrected chi connectivity index (χ0v) is 16.1. The smallest absolute Gasteiger partial charge is 0.228 e. The Morgan fingerprint density at radius 1 is 1.19 bits per heavy atom. The van der Waals surface area contributed by atoms with Crippen LogP contribution < -0.4 is 4.90 Å². The molecule has 0 bridgehead atoms. The highest BCUT2D eigenvalue weighted by atomic mass is 16.5. The van der Waals surface area contributed by atoms with Gasteiger partial charge in [-0.2, -0.15) is 0 Å². The first-order valence-electron chi connectivity index (χ1n) is 9.37. The summed E-state index contributed by atoms with van der Waals surface area (Å²) in [5.74, 6) is 1.91. The molecule has 0 radical (unpaired) electrons. The summed E-state index contributed by atoms with van der Waals surface area (Å²) in [6.07, 6.45) is 6.21. The van der Waals surface area contributed by atoms with Gasteiger partial charge in [-0.3, -0.25) is 4.79 Å². The normalized spacial score (nSPS) is 22.5. The van der Waals surface area contributed by atoms with E-state index >= 15 is 0 Å². The van der Waals surface area contributed by atoms with Crippen LogP contribution in [0.4, 0.5) is 5.82 Å². The SMILES string of the molecule is COC1CN(C)C(=O)C2(CCN(c3ccc(-c4nccn4C)nn3)CC2)C1. The molecule has 144 valence electrons. The molecule has 8 heteroatoms. The van der Waals surface area contributed by atoms with E-state index in [-0.39, 0.29) is 17.4 Å². The Morgan fingerprint density at radius 3 is 2.56 bits per heavy atom. The van der Waals surface area contributed by atoms with Crippen molar-refractivity contribution in [2.45, 2.75) is 25.4 Å². The van der Waals surface area contributed by atoms with Crippen LogP contribution in [0.25, 0.3) is 11.5 Å². The third-order valence-corrected chi connectivity index (χ3v) is 5.97. The molecular weight excluding hydrogens is 344 g/mol. The molecule has 1 atom stereocenters. The lowest BCUT2D eigenvalue weighted by molar-refractivity contribution is -0.153. The number of piperidine rings is 2. The Hall–Kier alpha value is -2.48. The van der Waals surface area contributed by atoms with Crippen LogP contribution in [0.1, 0.15) is 19.3 Å². The number of imidazole rings is 1. The minimum Gasteiger partial charge on any atom is -0.380 e. The van der Waals surface area contributed by atoms with Gasteiger partial charge in [-0.1, -0.05) is 0 Å². The summed E-state index contributed by atoms with van der Waals surface area (Å²) in [7, 11) is 5.55. The predicted molar refractivity (Wildman–Crippen MR) is 101 cm³/mol. The number of ether oxygens (including phenoxy) is 1. The van der Waals surface area contributed by atoms with E-state index in [9.17, 15) is 4.79 Å². The predicted octanol–water partition coefficient (Wildman–Crippen LogP) is 1.34. The molecule has 4 rings (SSSR count). The Bertz CT molecular complexity index is 810. The number of hydrogen-bond donors (Lipinski definition) is 0. The van der Waals surface area contributed by atoms with E-state index in [1.54, 1.807) is 13.3 Å². The fourth-order valence-corrected chi connectivity index (χ4v) is 4.35. The number of likely N-dealkylation sites (N-methyl/N-ethyl adjacent to an activating group) is 1. The lowest BCUT2D eigenvalue weighted by Crippen LogP contribution is -2.56. The number of rotatable bonds is 3. The fourth-order valence-electron chi connectivity index (χ4n) is 4.35. The molecule has 2 aliphatic heterocycles. The van der Waals surface area contributed by atoms with Gasteiger partial charge in [0.25, 0.3) is 0 Å². The number of likely N-dealkylation sites (tertiary alicyclic amines) is 1. The van der Waals surface area contributed by atoms with Crippen molar-refractivity contribution in [3.05, 3.63) is 24.5 Å². The Kier molecular flexibility index (Phi) is 4.59. The van der Waals surface area contributed by atoms with Gasteiger partial charge < -0.3 is 19.1 Å². The van der Waals surface area contributed by atoms with Crippen LogP contribution >= 0.6 is 0 Å². The van der Waals surface area contributed by atoms with E-state index in [2.05, 4.69) is 20.1 Å². The molecular formula is C19H26N6O2. The van der Waals surface area contributed by atoms with E-state index in [0.717, 1.165) is 49.7 Å².